The zero-order valence-electron chi connectivity index (χ0n) is 29.1. The smallest absolute Gasteiger partial charge is 0.329 e. The Bertz CT molecular complexity index is 1450. The molecule has 48 heavy (non-hydrogen) atoms. The highest BCUT2D eigenvalue weighted by molar-refractivity contribution is 6.37. The highest BCUT2D eigenvalue weighted by Crippen LogP contribution is 2.65. The quantitative estimate of drug-likeness (QED) is 0.196. The zero-order valence-corrected chi connectivity index (χ0v) is 29.1. The van der Waals surface area contributed by atoms with Crippen molar-refractivity contribution in [3.05, 3.63) is 35.4 Å². The predicted molar refractivity (Wildman–Crippen MR) is 177 cm³/mol. The number of carbonyl (C=O) groups excluding carboxylic acids is 6. The van der Waals surface area contributed by atoms with Crippen LogP contribution in [0.2, 0.25) is 0 Å². The Hall–Kier alpha value is -3.96. The number of esters is 1. The van der Waals surface area contributed by atoms with Crippen LogP contribution in [0.4, 0.5) is 4.79 Å². The van der Waals surface area contributed by atoms with E-state index in [-0.39, 0.29) is 35.2 Å². The van der Waals surface area contributed by atoms with Crippen molar-refractivity contribution in [2.24, 2.45) is 40.2 Å². The Labute approximate surface area is 282 Å². The Morgan fingerprint density at radius 2 is 1.58 bits per heavy atom. The maximum absolute atomic E-state index is 14.3. The molecule has 262 valence electrons. The van der Waals surface area contributed by atoms with E-state index in [1.54, 1.807) is 0 Å². The van der Waals surface area contributed by atoms with Gasteiger partial charge in [-0.25, -0.2) is 9.59 Å². The van der Waals surface area contributed by atoms with E-state index in [0.29, 0.717) is 25.8 Å². The maximum atomic E-state index is 14.3. The van der Waals surface area contributed by atoms with Crippen LogP contribution >= 0.6 is 0 Å². The number of hydrogen-bond acceptors (Lipinski definition) is 7. The number of urea groups is 1. The Morgan fingerprint density at radius 3 is 2.10 bits per heavy atom. The van der Waals surface area contributed by atoms with Crippen molar-refractivity contribution in [2.45, 2.75) is 111 Å². The fourth-order valence-corrected chi connectivity index (χ4v) is 7.63. The van der Waals surface area contributed by atoms with Gasteiger partial charge in [0.1, 0.15) is 24.2 Å². The Kier molecular flexibility index (Phi) is 9.69. The summed E-state index contributed by atoms with van der Waals surface area (Å²) in [5.74, 6) is -3.58. The second kappa shape index (κ2) is 13.2. The van der Waals surface area contributed by atoms with Gasteiger partial charge in [-0.2, -0.15) is 0 Å². The van der Waals surface area contributed by atoms with Crippen molar-refractivity contribution < 1.29 is 33.5 Å². The maximum Gasteiger partial charge on any atom is 0.329 e. The van der Waals surface area contributed by atoms with E-state index in [1.165, 1.54) is 4.90 Å². The highest BCUT2D eigenvalue weighted by atomic mass is 16.5. The number of nitrogens with zero attached hydrogens (tertiary/aromatic N) is 1. The third-order valence-corrected chi connectivity index (χ3v) is 10.8. The number of hydrogen-bond donors (Lipinski definition) is 4. The number of primary amides is 1. The first-order valence-electron chi connectivity index (χ1n) is 17.2. The number of rotatable bonds is 12. The lowest BCUT2D eigenvalue weighted by molar-refractivity contribution is -0.152. The first kappa shape index (κ1) is 35.3. The number of benzene rings is 1. The molecular formula is C36H51N5O7. The van der Waals surface area contributed by atoms with Crippen molar-refractivity contribution in [3.63, 3.8) is 0 Å². The zero-order chi connectivity index (χ0) is 35.3. The molecule has 1 aliphatic heterocycles. The SMILES string of the molecule is CC(C)[C@H](NC(=O)N[C@H](C(=O)N1C[C@H]2[C@@H]([C@H]1C(=O)NC(CC1CC1)C(=O)C(N)=O)C2(C)C)C(C)(C)C)C(=O)OC1Cc2ccccc2C1. The normalized spacial score (nSPS) is 24.5. The van der Waals surface area contributed by atoms with Gasteiger partial charge in [-0.1, -0.05) is 85.6 Å². The molecular weight excluding hydrogens is 614 g/mol. The summed E-state index contributed by atoms with van der Waals surface area (Å²) in [6.45, 7) is 13.5. The summed E-state index contributed by atoms with van der Waals surface area (Å²) in [5, 5.41) is 8.31. The highest BCUT2D eigenvalue weighted by Gasteiger charge is 2.70. The number of Topliss-reactive ketones (excluding diaryl/α,β-unsaturated/α-hetero) is 1. The average Bonchev–Trinajstić information content (AvgIpc) is 3.76. The standard InChI is InChI=1S/C36H51N5O7/c1-18(2)26(33(46)48-22-15-20-10-8-9-11-21(20)16-22)39-34(47)40-29(35(3,4)5)32(45)41-17-23-25(36(23,6)7)27(41)31(44)38-24(14-19-12-13-19)28(42)30(37)43/h8-11,18-19,22-27,29H,12-17H2,1-7H3,(H2,37,43)(H,38,44)(H2,39,40,47)/t23-,24?,25-,26-,27-,29+/m0/s1. The van der Waals surface area contributed by atoms with Crippen LogP contribution in [0, 0.1) is 34.5 Å². The summed E-state index contributed by atoms with van der Waals surface area (Å²) >= 11 is 0. The number of likely N-dealkylation sites (tertiary alicyclic amines) is 1. The molecule has 1 aromatic rings. The van der Waals surface area contributed by atoms with Crippen molar-refractivity contribution in [1.82, 2.24) is 20.9 Å². The molecule has 0 radical (unpaired) electrons. The molecule has 6 atom stereocenters. The molecule has 5 amide bonds. The van der Waals surface area contributed by atoms with Crippen LogP contribution < -0.4 is 21.7 Å². The van der Waals surface area contributed by atoms with Gasteiger partial charge in [-0.15, -0.1) is 0 Å². The van der Waals surface area contributed by atoms with Gasteiger partial charge < -0.3 is 31.3 Å². The van der Waals surface area contributed by atoms with E-state index in [1.807, 2.05) is 72.7 Å². The number of piperidine rings is 1. The Balaban J connectivity index is 1.27. The molecule has 1 heterocycles. The molecule has 0 bridgehead atoms. The second-order valence-electron chi connectivity index (χ2n) is 16.2. The fourth-order valence-electron chi connectivity index (χ4n) is 7.63. The van der Waals surface area contributed by atoms with Gasteiger partial charge in [0.15, 0.2) is 0 Å². The van der Waals surface area contributed by atoms with Gasteiger partial charge in [0.05, 0.1) is 6.04 Å². The van der Waals surface area contributed by atoms with E-state index in [4.69, 9.17) is 10.5 Å². The first-order valence-corrected chi connectivity index (χ1v) is 17.2. The molecule has 5 N–H and O–H groups in total. The van der Waals surface area contributed by atoms with Crippen LogP contribution in [-0.2, 0) is 41.6 Å². The van der Waals surface area contributed by atoms with Gasteiger partial charge in [0.2, 0.25) is 17.6 Å². The third kappa shape index (κ3) is 7.37. The van der Waals surface area contributed by atoms with Crippen LogP contribution in [0.5, 0.6) is 0 Å². The van der Waals surface area contributed by atoms with Crippen LogP contribution in [0.1, 0.15) is 78.9 Å². The molecule has 5 rings (SSSR count). The van der Waals surface area contributed by atoms with E-state index < -0.39 is 65.1 Å². The first-order chi connectivity index (χ1) is 22.4. The average molecular weight is 666 g/mol. The topological polar surface area (TPSA) is 177 Å². The van der Waals surface area contributed by atoms with Crippen molar-refractivity contribution in [3.8, 4) is 0 Å². The Morgan fingerprint density at radius 1 is 0.979 bits per heavy atom. The minimum Gasteiger partial charge on any atom is -0.460 e. The van der Waals surface area contributed by atoms with Gasteiger partial charge in [0, 0.05) is 19.4 Å². The summed E-state index contributed by atoms with van der Waals surface area (Å²) in [6, 6.07) is 3.32. The van der Waals surface area contributed by atoms with Crippen molar-refractivity contribution in [2.75, 3.05) is 6.54 Å². The van der Waals surface area contributed by atoms with E-state index in [2.05, 4.69) is 16.0 Å². The molecule has 0 spiro atoms. The lowest BCUT2D eigenvalue weighted by Gasteiger charge is -2.38. The van der Waals surface area contributed by atoms with Gasteiger partial charge in [-0.3, -0.25) is 19.2 Å². The minimum atomic E-state index is -1.11. The number of nitrogens with two attached hydrogens (primary N) is 1. The number of nitrogens with one attached hydrogen (secondary N) is 3. The summed E-state index contributed by atoms with van der Waals surface area (Å²) in [6.07, 6.45) is 3.05. The number of carbonyl (C=O) groups is 6. The third-order valence-electron chi connectivity index (χ3n) is 10.8. The number of ether oxygens (including phenoxy) is 1. The molecule has 1 saturated heterocycles. The molecule has 2 saturated carbocycles. The molecule has 12 nitrogen and oxygen atoms in total. The van der Waals surface area contributed by atoms with Crippen molar-refractivity contribution >= 4 is 35.5 Å². The second-order valence-corrected chi connectivity index (χ2v) is 16.2. The van der Waals surface area contributed by atoms with Gasteiger partial charge in [0.25, 0.3) is 5.91 Å². The molecule has 0 aromatic heterocycles. The minimum absolute atomic E-state index is 0.0576. The van der Waals surface area contributed by atoms with E-state index in [0.717, 1.165) is 24.0 Å². The van der Waals surface area contributed by atoms with Gasteiger partial charge >= 0.3 is 12.0 Å². The summed E-state index contributed by atoms with van der Waals surface area (Å²) < 4.78 is 5.83. The van der Waals surface area contributed by atoms with E-state index in [9.17, 15) is 28.8 Å². The van der Waals surface area contributed by atoms with Gasteiger partial charge in [-0.05, 0) is 52.0 Å². The predicted octanol–water partition coefficient (Wildman–Crippen LogP) is 2.26. The lowest BCUT2D eigenvalue weighted by atomic mass is 9.85. The lowest BCUT2D eigenvalue weighted by Crippen LogP contribution is -2.62. The van der Waals surface area contributed by atoms with Crippen LogP contribution in [-0.4, -0.2) is 77.2 Å². The van der Waals surface area contributed by atoms with Crippen LogP contribution in [0.25, 0.3) is 0 Å². The summed E-state index contributed by atoms with van der Waals surface area (Å²) in [7, 11) is 0. The molecule has 12 heteroatoms. The monoisotopic (exact) mass is 665 g/mol. The fraction of sp³-hybridized carbons (Fsp3) is 0.667. The summed E-state index contributed by atoms with van der Waals surface area (Å²) in [5.41, 5.74) is 6.61. The summed E-state index contributed by atoms with van der Waals surface area (Å²) in [4.78, 5) is 80.8. The van der Waals surface area contributed by atoms with Crippen LogP contribution in [0.3, 0.4) is 0 Å². The molecule has 1 aromatic carbocycles. The molecule has 1 unspecified atom stereocenters. The number of fused-ring (bicyclic) bond motifs is 2. The van der Waals surface area contributed by atoms with E-state index >= 15 is 0 Å². The molecule has 4 aliphatic rings. The van der Waals surface area contributed by atoms with Crippen LogP contribution in [0.15, 0.2) is 24.3 Å². The molecule has 3 fully saturated rings. The van der Waals surface area contributed by atoms with Crippen molar-refractivity contribution in [1.29, 1.82) is 0 Å². The largest absolute Gasteiger partial charge is 0.460 e. The number of ketones is 1. The molecule has 3 aliphatic carbocycles. The number of amides is 5.